The lowest BCUT2D eigenvalue weighted by Crippen LogP contribution is -2.40. The molecule has 3 aromatic carbocycles. The minimum atomic E-state index is -3.96. The molecule has 2 aliphatic rings. The monoisotopic (exact) mass is 526 g/mol. The Hall–Kier alpha value is -2.87. The molecule has 0 N–H and O–H groups in total. The zero-order valence-corrected chi connectivity index (χ0v) is 21.2. The Labute approximate surface area is 215 Å². The van der Waals surface area contributed by atoms with Crippen molar-refractivity contribution in [3.8, 4) is 0 Å². The standard InChI is InChI=1S/C26H24Cl2N4O2S/c27-21-10-8-20(9-11-21)25-24(19-6-2-1-3-7-19)18-32(29-25)26(31-16-4-5-17-31)30-35(33,34)23-14-12-22(28)13-15-23/h1-3,6-15,24H,4-5,16-18H2/b30-26-/t24-/m0/s1. The molecule has 3 aromatic rings. The predicted molar refractivity (Wildman–Crippen MR) is 141 cm³/mol. The average molecular weight is 527 g/mol. The summed E-state index contributed by atoms with van der Waals surface area (Å²) in [5, 5.41) is 7.78. The van der Waals surface area contributed by atoms with Crippen LogP contribution in [0.3, 0.4) is 0 Å². The molecular weight excluding hydrogens is 503 g/mol. The number of likely N-dealkylation sites (tertiary alicyclic amines) is 1. The number of benzene rings is 3. The summed E-state index contributed by atoms with van der Waals surface area (Å²) in [6.45, 7) is 1.94. The Morgan fingerprint density at radius 2 is 1.46 bits per heavy atom. The first kappa shape index (κ1) is 23.9. The van der Waals surface area contributed by atoms with E-state index in [1.807, 2.05) is 47.4 Å². The fourth-order valence-electron chi connectivity index (χ4n) is 4.41. The Morgan fingerprint density at radius 3 is 2.09 bits per heavy atom. The summed E-state index contributed by atoms with van der Waals surface area (Å²) in [7, 11) is -3.96. The molecule has 1 atom stereocenters. The van der Waals surface area contributed by atoms with Gasteiger partial charge in [-0.25, -0.2) is 5.01 Å². The summed E-state index contributed by atoms with van der Waals surface area (Å²) in [6.07, 6.45) is 1.95. The molecule has 9 heteroatoms. The fraction of sp³-hybridized carbons (Fsp3) is 0.231. The third kappa shape index (κ3) is 5.22. The van der Waals surface area contributed by atoms with Crippen molar-refractivity contribution in [2.75, 3.05) is 19.6 Å². The molecule has 6 nitrogen and oxygen atoms in total. The van der Waals surface area contributed by atoms with Gasteiger partial charge < -0.3 is 4.90 Å². The maximum Gasteiger partial charge on any atom is 0.285 e. The van der Waals surface area contributed by atoms with Gasteiger partial charge in [-0.15, -0.1) is 4.40 Å². The molecule has 0 aliphatic carbocycles. The highest BCUT2D eigenvalue weighted by Gasteiger charge is 2.35. The molecule has 0 aromatic heterocycles. The van der Waals surface area contributed by atoms with Crippen molar-refractivity contribution in [3.63, 3.8) is 0 Å². The van der Waals surface area contributed by atoms with E-state index in [0.717, 1.165) is 42.8 Å². The molecule has 180 valence electrons. The van der Waals surface area contributed by atoms with Gasteiger partial charge in [0.1, 0.15) is 0 Å². The molecule has 1 saturated heterocycles. The molecule has 5 rings (SSSR count). The van der Waals surface area contributed by atoms with Gasteiger partial charge in [0.2, 0.25) is 5.96 Å². The summed E-state index contributed by atoms with van der Waals surface area (Å²) in [4.78, 5) is 2.10. The Balaban J connectivity index is 1.58. The molecule has 35 heavy (non-hydrogen) atoms. The largest absolute Gasteiger partial charge is 0.340 e. The van der Waals surface area contributed by atoms with Gasteiger partial charge in [-0.1, -0.05) is 65.7 Å². The molecule has 0 spiro atoms. The van der Waals surface area contributed by atoms with Crippen molar-refractivity contribution in [2.24, 2.45) is 9.50 Å². The lowest BCUT2D eigenvalue weighted by atomic mass is 9.91. The maximum absolute atomic E-state index is 13.3. The average Bonchev–Trinajstić information content (AvgIpc) is 3.55. The number of hydrogen-bond donors (Lipinski definition) is 0. The van der Waals surface area contributed by atoms with Gasteiger partial charge in [0.15, 0.2) is 0 Å². The zero-order valence-electron chi connectivity index (χ0n) is 18.9. The van der Waals surface area contributed by atoms with E-state index in [9.17, 15) is 8.42 Å². The summed E-state index contributed by atoms with van der Waals surface area (Å²) in [6, 6.07) is 23.7. The van der Waals surface area contributed by atoms with Crippen molar-refractivity contribution in [2.45, 2.75) is 23.7 Å². The van der Waals surface area contributed by atoms with Crippen LogP contribution in [0, 0.1) is 0 Å². The minimum Gasteiger partial charge on any atom is -0.340 e. The van der Waals surface area contributed by atoms with Crippen LogP contribution >= 0.6 is 23.2 Å². The van der Waals surface area contributed by atoms with Crippen molar-refractivity contribution >= 4 is 44.9 Å². The van der Waals surface area contributed by atoms with Crippen LogP contribution in [0.4, 0.5) is 0 Å². The molecule has 2 aliphatic heterocycles. The molecule has 0 saturated carbocycles. The van der Waals surface area contributed by atoms with E-state index in [1.165, 1.54) is 12.1 Å². The number of halogens is 2. The number of nitrogens with zero attached hydrogens (tertiary/aromatic N) is 4. The lowest BCUT2D eigenvalue weighted by Gasteiger charge is -2.26. The second kappa shape index (κ2) is 10.0. The molecule has 2 heterocycles. The van der Waals surface area contributed by atoms with Crippen LogP contribution in [0.5, 0.6) is 0 Å². The normalized spacial score (nSPS) is 18.7. The van der Waals surface area contributed by atoms with Gasteiger partial charge in [-0.05, 0) is 60.4 Å². The van der Waals surface area contributed by atoms with Gasteiger partial charge in [-0.2, -0.15) is 13.5 Å². The van der Waals surface area contributed by atoms with Crippen molar-refractivity contribution < 1.29 is 8.42 Å². The van der Waals surface area contributed by atoms with E-state index < -0.39 is 10.0 Å². The molecule has 0 unspecified atom stereocenters. The molecule has 0 bridgehead atoms. The van der Waals surface area contributed by atoms with Crippen LogP contribution in [0.15, 0.2) is 93.3 Å². The van der Waals surface area contributed by atoms with Crippen molar-refractivity contribution in [3.05, 3.63) is 100 Å². The van der Waals surface area contributed by atoms with Crippen LogP contribution in [-0.4, -0.2) is 49.6 Å². The second-order valence-corrected chi connectivity index (χ2v) is 11.0. The number of rotatable bonds is 4. The van der Waals surface area contributed by atoms with Crippen LogP contribution in [0.2, 0.25) is 10.0 Å². The van der Waals surface area contributed by atoms with Crippen molar-refractivity contribution in [1.29, 1.82) is 0 Å². The third-order valence-electron chi connectivity index (χ3n) is 6.19. The van der Waals surface area contributed by atoms with Crippen LogP contribution in [0.25, 0.3) is 0 Å². The van der Waals surface area contributed by atoms with Gasteiger partial charge in [0, 0.05) is 29.1 Å². The van der Waals surface area contributed by atoms with E-state index in [-0.39, 0.29) is 10.8 Å². The molecular formula is C26H24Cl2N4O2S. The summed E-state index contributed by atoms with van der Waals surface area (Å²) in [5.74, 6) is 0.297. The highest BCUT2D eigenvalue weighted by Crippen LogP contribution is 2.31. The van der Waals surface area contributed by atoms with E-state index in [4.69, 9.17) is 28.3 Å². The Bertz CT molecular complexity index is 1350. The van der Waals surface area contributed by atoms with E-state index >= 15 is 0 Å². The van der Waals surface area contributed by atoms with Crippen LogP contribution in [-0.2, 0) is 10.0 Å². The van der Waals surface area contributed by atoms with Crippen molar-refractivity contribution in [1.82, 2.24) is 9.91 Å². The Kier molecular flexibility index (Phi) is 6.82. The highest BCUT2D eigenvalue weighted by atomic mass is 35.5. The first-order valence-electron chi connectivity index (χ1n) is 11.4. The van der Waals surface area contributed by atoms with E-state index in [1.54, 1.807) is 17.1 Å². The minimum absolute atomic E-state index is 0.0524. The maximum atomic E-state index is 13.3. The van der Waals surface area contributed by atoms with Gasteiger partial charge >= 0.3 is 0 Å². The zero-order chi connectivity index (χ0) is 24.4. The van der Waals surface area contributed by atoms with Gasteiger partial charge in [0.25, 0.3) is 10.0 Å². The van der Waals surface area contributed by atoms with E-state index in [0.29, 0.717) is 22.5 Å². The van der Waals surface area contributed by atoms with Gasteiger partial charge in [-0.3, -0.25) is 0 Å². The quantitative estimate of drug-likeness (QED) is 0.326. The van der Waals surface area contributed by atoms with Crippen LogP contribution < -0.4 is 0 Å². The first-order chi connectivity index (χ1) is 16.9. The second-order valence-electron chi connectivity index (χ2n) is 8.55. The summed E-state index contributed by atoms with van der Waals surface area (Å²) >= 11 is 12.1. The topological polar surface area (TPSA) is 65.3 Å². The number of hydrogen-bond acceptors (Lipinski definition) is 3. The number of hydrazone groups is 1. The molecule has 0 radical (unpaired) electrons. The smallest absolute Gasteiger partial charge is 0.285 e. The number of sulfonamides is 1. The third-order valence-corrected chi connectivity index (χ3v) is 7.96. The highest BCUT2D eigenvalue weighted by molar-refractivity contribution is 7.90. The molecule has 0 amide bonds. The Morgan fingerprint density at radius 1 is 0.857 bits per heavy atom. The van der Waals surface area contributed by atoms with Gasteiger partial charge in [0.05, 0.1) is 17.2 Å². The summed E-state index contributed by atoms with van der Waals surface area (Å²) in [5.41, 5.74) is 2.89. The summed E-state index contributed by atoms with van der Waals surface area (Å²) < 4.78 is 30.8. The number of guanidine groups is 1. The SMILES string of the molecule is O=S(=O)(/N=C(/N1CCCC1)N1C[C@@H](c2ccccc2)C(c2ccc(Cl)cc2)=N1)c1ccc(Cl)cc1. The fourth-order valence-corrected chi connectivity index (χ4v) is 5.67. The predicted octanol–water partition coefficient (Wildman–Crippen LogP) is 5.64. The molecule has 1 fully saturated rings. The lowest BCUT2D eigenvalue weighted by molar-refractivity contribution is 0.376. The van der Waals surface area contributed by atoms with Crippen LogP contribution in [0.1, 0.15) is 29.9 Å². The first-order valence-corrected chi connectivity index (χ1v) is 13.6. The van der Waals surface area contributed by atoms with E-state index in [2.05, 4.69) is 16.5 Å².